The van der Waals surface area contributed by atoms with Crippen molar-refractivity contribution in [3.63, 3.8) is 0 Å². The van der Waals surface area contributed by atoms with Gasteiger partial charge in [-0.3, -0.25) is 10.1 Å². The first-order valence-corrected chi connectivity index (χ1v) is 7.25. The Labute approximate surface area is 117 Å². The fourth-order valence-corrected chi connectivity index (χ4v) is 3.41. The van der Waals surface area contributed by atoms with E-state index in [9.17, 15) is 18.5 Å². The summed E-state index contributed by atoms with van der Waals surface area (Å²) in [5.41, 5.74) is -0.155. The van der Waals surface area contributed by atoms with Crippen LogP contribution in [-0.4, -0.2) is 31.2 Å². The summed E-state index contributed by atoms with van der Waals surface area (Å²) in [6, 6.07) is 6.02. The van der Waals surface area contributed by atoms with Crippen LogP contribution in [0, 0.1) is 34.3 Å². The highest BCUT2D eigenvalue weighted by Crippen LogP contribution is 2.29. The van der Waals surface area contributed by atoms with Gasteiger partial charge in [-0.1, -0.05) is 12.1 Å². The van der Waals surface area contributed by atoms with Crippen molar-refractivity contribution < 1.29 is 13.3 Å². The van der Waals surface area contributed by atoms with Crippen LogP contribution in [0.25, 0.3) is 0 Å². The highest BCUT2D eigenvalue weighted by Gasteiger charge is 2.31. The summed E-state index contributed by atoms with van der Waals surface area (Å²) < 4.78 is 25.9. The smallest absolute Gasteiger partial charge is 0.258 e. The molecule has 0 radical (unpaired) electrons. The molecule has 0 spiro atoms. The van der Waals surface area contributed by atoms with Gasteiger partial charge < -0.3 is 0 Å². The Balaban J connectivity index is 3.36. The lowest BCUT2D eigenvalue weighted by atomic mass is 10.2. The summed E-state index contributed by atoms with van der Waals surface area (Å²) in [6.45, 7) is 3.06. The van der Waals surface area contributed by atoms with Crippen molar-refractivity contribution in [3.05, 3.63) is 33.9 Å². The molecule has 0 saturated carbocycles. The van der Waals surface area contributed by atoms with Crippen LogP contribution in [0.15, 0.2) is 23.1 Å². The predicted molar refractivity (Wildman–Crippen MR) is 72.4 cm³/mol. The van der Waals surface area contributed by atoms with Crippen LogP contribution < -0.4 is 0 Å². The number of rotatable bonds is 5. The maximum Gasteiger partial charge on any atom is 0.289 e. The maximum absolute atomic E-state index is 12.4. The van der Waals surface area contributed by atoms with Gasteiger partial charge in [0.1, 0.15) is 0 Å². The number of sulfonamides is 1. The Bertz CT molecular complexity index is 664. The number of nitrogens with zero attached hydrogens (tertiary/aromatic N) is 3. The van der Waals surface area contributed by atoms with E-state index >= 15 is 0 Å². The lowest BCUT2D eigenvalue weighted by molar-refractivity contribution is -0.387. The molecule has 0 saturated heterocycles. The van der Waals surface area contributed by atoms with Gasteiger partial charge in [-0.2, -0.15) is 9.57 Å². The van der Waals surface area contributed by atoms with Crippen molar-refractivity contribution in [1.29, 1.82) is 5.26 Å². The van der Waals surface area contributed by atoms with Gasteiger partial charge in [0.15, 0.2) is 4.90 Å². The summed E-state index contributed by atoms with van der Waals surface area (Å²) >= 11 is 0. The highest BCUT2D eigenvalue weighted by atomic mass is 32.2. The number of hydrogen-bond donors (Lipinski definition) is 0. The average molecular weight is 297 g/mol. The minimum Gasteiger partial charge on any atom is -0.258 e. The van der Waals surface area contributed by atoms with Crippen LogP contribution in [0.5, 0.6) is 0 Å². The third-order valence-electron chi connectivity index (χ3n) is 2.81. The van der Waals surface area contributed by atoms with E-state index in [0.29, 0.717) is 5.56 Å². The number of nitro benzene ring substituents is 1. The standard InChI is InChI=1S/C12H15N3O4S/c1-9(7-13)8-14(3)20(18,19)12-10(2)5-4-6-11(12)15(16)17/h4-6,9H,8H2,1-3H3. The number of hydrogen-bond acceptors (Lipinski definition) is 5. The quantitative estimate of drug-likeness (QED) is 0.607. The molecule has 1 unspecified atom stereocenters. The zero-order chi connectivity index (χ0) is 15.5. The monoisotopic (exact) mass is 297 g/mol. The van der Waals surface area contributed by atoms with E-state index in [4.69, 9.17) is 5.26 Å². The normalized spacial score (nSPS) is 12.9. The topological polar surface area (TPSA) is 104 Å². The molecule has 0 amide bonds. The first-order chi connectivity index (χ1) is 9.21. The van der Waals surface area contributed by atoms with E-state index < -0.39 is 26.6 Å². The molecule has 1 rings (SSSR count). The first kappa shape index (κ1) is 16.1. The van der Waals surface area contributed by atoms with Crippen molar-refractivity contribution in [2.45, 2.75) is 18.7 Å². The number of aryl methyl sites for hydroxylation is 1. The zero-order valence-electron chi connectivity index (χ0n) is 11.4. The lowest BCUT2D eigenvalue weighted by Crippen LogP contribution is -2.31. The molecule has 0 heterocycles. The van der Waals surface area contributed by atoms with Crippen LogP contribution in [0.4, 0.5) is 5.69 Å². The van der Waals surface area contributed by atoms with Gasteiger partial charge in [-0.05, 0) is 19.4 Å². The maximum atomic E-state index is 12.4. The number of benzene rings is 1. The second-order valence-corrected chi connectivity index (χ2v) is 6.48. The summed E-state index contributed by atoms with van der Waals surface area (Å²) in [5, 5.41) is 19.7. The molecule has 8 heteroatoms. The minimum atomic E-state index is -4.01. The molecule has 0 aliphatic carbocycles. The minimum absolute atomic E-state index is 0.0235. The second-order valence-electron chi connectivity index (χ2n) is 4.50. The molecule has 0 aromatic heterocycles. The Morgan fingerprint density at radius 2 is 2.10 bits per heavy atom. The van der Waals surface area contributed by atoms with Crippen LogP contribution in [0.1, 0.15) is 12.5 Å². The van der Waals surface area contributed by atoms with Gasteiger partial charge in [0.05, 0.1) is 16.9 Å². The average Bonchev–Trinajstić information content (AvgIpc) is 2.37. The molecular formula is C12H15N3O4S. The van der Waals surface area contributed by atoms with Crippen molar-refractivity contribution in [2.75, 3.05) is 13.6 Å². The van der Waals surface area contributed by atoms with Gasteiger partial charge >= 0.3 is 0 Å². The van der Waals surface area contributed by atoms with Gasteiger partial charge in [0, 0.05) is 19.7 Å². The van der Waals surface area contributed by atoms with Gasteiger partial charge in [0.25, 0.3) is 5.69 Å². The van der Waals surface area contributed by atoms with Crippen molar-refractivity contribution >= 4 is 15.7 Å². The molecule has 0 fully saturated rings. The first-order valence-electron chi connectivity index (χ1n) is 5.81. The lowest BCUT2D eigenvalue weighted by Gasteiger charge is -2.19. The van der Waals surface area contributed by atoms with E-state index in [-0.39, 0.29) is 11.4 Å². The van der Waals surface area contributed by atoms with Gasteiger partial charge in [0.2, 0.25) is 10.0 Å². The Hall–Kier alpha value is -1.98. The SMILES string of the molecule is Cc1cccc([N+](=O)[O-])c1S(=O)(=O)N(C)CC(C)C#N. The van der Waals surface area contributed by atoms with Gasteiger partial charge in [-0.25, -0.2) is 8.42 Å². The summed E-state index contributed by atoms with van der Waals surface area (Å²) in [4.78, 5) is 9.95. The van der Waals surface area contributed by atoms with Crippen LogP contribution in [-0.2, 0) is 10.0 Å². The molecule has 0 bridgehead atoms. The van der Waals surface area contributed by atoms with Crippen molar-refractivity contribution in [3.8, 4) is 6.07 Å². The molecule has 0 N–H and O–H groups in total. The van der Waals surface area contributed by atoms with E-state index in [2.05, 4.69) is 0 Å². The van der Waals surface area contributed by atoms with Gasteiger partial charge in [-0.15, -0.1) is 0 Å². The highest BCUT2D eigenvalue weighted by molar-refractivity contribution is 7.89. The van der Waals surface area contributed by atoms with Crippen LogP contribution in [0.3, 0.4) is 0 Å². The third kappa shape index (κ3) is 3.12. The van der Waals surface area contributed by atoms with E-state index in [1.54, 1.807) is 6.92 Å². The largest absolute Gasteiger partial charge is 0.289 e. The Morgan fingerprint density at radius 1 is 1.50 bits per heavy atom. The third-order valence-corrected chi connectivity index (χ3v) is 4.82. The van der Waals surface area contributed by atoms with Crippen LogP contribution >= 0.6 is 0 Å². The molecule has 1 atom stereocenters. The molecule has 20 heavy (non-hydrogen) atoms. The molecule has 7 nitrogen and oxygen atoms in total. The summed E-state index contributed by atoms with van der Waals surface area (Å²) in [5.74, 6) is -0.502. The number of nitriles is 1. The Kier molecular flexibility index (Phi) is 4.81. The Morgan fingerprint density at radius 3 is 2.60 bits per heavy atom. The predicted octanol–water partition coefficient (Wildman–Crippen LogP) is 1.68. The van der Waals surface area contributed by atoms with E-state index in [1.807, 2.05) is 6.07 Å². The summed E-state index contributed by atoms with van der Waals surface area (Å²) in [7, 11) is -2.71. The van der Waals surface area contributed by atoms with E-state index in [1.165, 1.54) is 26.1 Å². The fourth-order valence-electron chi connectivity index (χ4n) is 1.80. The zero-order valence-corrected chi connectivity index (χ0v) is 12.2. The molecule has 1 aromatic carbocycles. The fraction of sp³-hybridized carbons (Fsp3) is 0.417. The molecular weight excluding hydrogens is 282 g/mol. The second kappa shape index (κ2) is 5.98. The number of nitro groups is 1. The van der Waals surface area contributed by atoms with Crippen molar-refractivity contribution in [1.82, 2.24) is 4.31 Å². The molecule has 1 aromatic rings. The molecule has 0 aliphatic heterocycles. The molecule has 108 valence electrons. The van der Waals surface area contributed by atoms with E-state index in [0.717, 1.165) is 10.4 Å². The summed E-state index contributed by atoms with van der Waals surface area (Å²) in [6.07, 6.45) is 0. The van der Waals surface area contributed by atoms with Crippen LogP contribution in [0.2, 0.25) is 0 Å². The van der Waals surface area contributed by atoms with Crippen molar-refractivity contribution in [2.24, 2.45) is 5.92 Å². The molecule has 0 aliphatic rings.